The number of benzene rings is 2. The Balaban J connectivity index is 1.38. The van der Waals surface area contributed by atoms with Crippen molar-refractivity contribution in [2.45, 2.75) is 16.3 Å². The van der Waals surface area contributed by atoms with Gasteiger partial charge in [-0.15, -0.1) is 0 Å². The summed E-state index contributed by atoms with van der Waals surface area (Å²) in [5.41, 5.74) is 11.2. The number of anilines is 4. The van der Waals surface area contributed by atoms with Crippen LogP contribution in [0.15, 0.2) is 70.7 Å². The monoisotopic (exact) mass is 460 g/mol. The first kappa shape index (κ1) is 21.8. The van der Waals surface area contributed by atoms with Crippen molar-refractivity contribution in [3.8, 4) is 0 Å². The van der Waals surface area contributed by atoms with Crippen molar-refractivity contribution < 1.29 is 4.74 Å². The summed E-state index contributed by atoms with van der Waals surface area (Å²) in [6, 6.07) is 16.3. The smallest absolute Gasteiger partial charge is 0.228 e. The summed E-state index contributed by atoms with van der Waals surface area (Å²) in [7, 11) is 0. The van der Waals surface area contributed by atoms with Gasteiger partial charge in [-0.1, -0.05) is 17.8 Å². The van der Waals surface area contributed by atoms with E-state index in [0.29, 0.717) is 5.95 Å². The molecule has 8 heteroatoms. The molecule has 0 bridgehead atoms. The van der Waals surface area contributed by atoms with Gasteiger partial charge in [-0.25, -0.2) is 9.97 Å². The minimum absolute atomic E-state index is 0.588. The molecule has 0 atom stereocenters. The summed E-state index contributed by atoms with van der Waals surface area (Å²) in [4.78, 5) is 13.0. The number of aromatic nitrogens is 2. The highest BCUT2D eigenvalue weighted by molar-refractivity contribution is 7.99. The van der Waals surface area contributed by atoms with E-state index in [0.717, 1.165) is 72.7 Å². The van der Waals surface area contributed by atoms with E-state index in [2.05, 4.69) is 50.9 Å². The number of morpholine rings is 1. The highest BCUT2D eigenvalue weighted by atomic mass is 32.2. The molecule has 0 saturated carbocycles. The maximum Gasteiger partial charge on any atom is 0.228 e. The molecule has 0 spiro atoms. The molecule has 0 radical (unpaired) electrons. The van der Waals surface area contributed by atoms with Gasteiger partial charge in [-0.3, -0.25) is 0 Å². The third-order valence-corrected chi connectivity index (χ3v) is 6.77. The van der Waals surface area contributed by atoms with Crippen molar-refractivity contribution >= 4 is 40.3 Å². The molecule has 3 aromatic rings. The molecule has 2 aromatic carbocycles. The molecule has 170 valence electrons. The van der Waals surface area contributed by atoms with Gasteiger partial charge in [0.2, 0.25) is 5.95 Å². The summed E-state index contributed by atoms with van der Waals surface area (Å²) in [6.45, 7) is 5.25. The molecule has 0 amide bonds. The van der Waals surface area contributed by atoms with Crippen molar-refractivity contribution in [1.29, 1.82) is 0 Å². The summed E-state index contributed by atoms with van der Waals surface area (Å²) < 4.78 is 5.45. The average Bonchev–Trinajstić information content (AvgIpc) is 2.87. The van der Waals surface area contributed by atoms with Gasteiger partial charge in [0.05, 0.1) is 13.2 Å². The first-order valence-electron chi connectivity index (χ1n) is 11.2. The number of nitrogens with zero attached hydrogens (tertiary/aromatic N) is 3. The molecule has 3 heterocycles. The number of nitrogens with two attached hydrogens (primary N) is 1. The zero-order valence-corrected chi connectivity index (χ0v) is 19.3. The van der Waals surface area contributed by atoms with Gasteiger partial charge >= 0.3 is 0 Å². The molecule has 1 aromatic heterocycles. The van der Waals surface area contributed by atoms with Crippen LogP contribution in [-0.4, -0.2) is 49.4 Å². The number of nitrogen functional groups attached to an aromatic ring is 1. The van der Waals surface area contributed by atoms with Gasteiger partial charge in [0.15, 0.2) is 0 Å². The Morgan fingerprint density at radius 1 is 1.03 bits per heavy atom. The Morgan fingerprint density at radius 3 is 2.55 bits per heavy atom. The van der Waals surface area contributed by atoms with Gasteiger partial charge in [-0.05, 0) is 67.1 Å². The van der Waals surface area contributed by atoms with Crippen molar-refractivity contribution in [2.24, 2.45) is 0 Å². The van der Waals surface area contributed by atoms with E-state index < -0.39 is 0 Å². The Morgan fingerprint density at radius 2 is 1.82 bits per heavy atom. The Kier molecular flexibility index (Phi) is 6.76. The fourth-order valence-corrected chi connectivity index (χ4v) is 4.87. The van der Waals surface area contributed by atoms with Crippen LogP contribution in [-0.2, 0) is 4.74 Å². The van der Waals surface area contributed by atoms with E-state index >= 15 is 0 Å². The molecule has 4 N–H and O–H groups in total. The first-order chi connectivity index (χ1) is 16.2. The molecule has 2 aliphatic heterocycles. The van der Waals surface area contributed by atoms with Crippen molar-refractivity contribution in [3.63, 3.8) is 0 Å². The summed E-state index contributed by atoms with van der Waals surface area (Å²) in [5.74, 6) is 0.588. The highest BCUT2D eigenvalue weighted by Crippen LogP contribution is 2.35. The Bertz CT molecular complexity index is 1110. The predicted molar refractivity (Wildman–Crippen MR) is 135 cm³/mol. The molecule has 33 heavy (non-hydrogen) atoms. The van der Waals surface area contributed by atoms with Crippen LogP contribution in [0.2, 0.25) is 0 Å². The molecule has 0 aliphatic carbocycles. The maximum atomic E-state index is 5.86. The third kappa shape index (κ3) is 5.47. The molecule has 7 nitrogen and oxygen atoms in total. The Hall–Kier alpha value is -3.07. The highest BCUT2D eigenvalue weighted by Gasteiger charge is 2.16. The van der Waals surface area contributed by atoms with Crippen LogP contribution in [0.4, 0.5) is 23.0 Å². The Labute approximate surface area is 198 Å². The molecule has 1 saturated heterocycles. The zero-order valence-electron chi connectivity index (χ0n) is 18.5. The summed E-state index contributed by atoms with van der Waals surface area (Å²) in [5, 5.41) is 7.68. The second-order valence-electron chi connectivity index (χ2n) is 8.04. The SMILES string of the molecule is Nc1ccc(Sc2nc(Nc3ccc(N4CCOCC4)cc3)ncc2C2=CCNCC2)cc1. The molecule has 1 fully saturated rings. The average molecular weight is 461 g/mol. The topological polar surface area (TPSA) is 88.3 Å². The van der Waals surface area contributed by atoms with Crippen LogP contribution in [0.25, 0.3) is 5.57 Å². The molecular weight excluding hydrogens is 432 g/mol. The largest absolute Gasteiger partial charge is 0.399 e. The van der Waals surface area contributed by atoms with Crippen molar-refractivity contribution in [1.82, 2.24) is 15.3 Å². The lowest BCUT2D eigenvalue weighted by molar-refractivity contribution is 0.122. The fraction of sp³-hybridized carbons (Fsp3) is 0.280. The number of ether oxygens (including phenoxy) is 1. The number of hydrogen-bond donors (Lipinski definition) is 3. The second kappa shape index (κ2) is 10.2. The van der Waals surface area contributed by atoms with Crippen LogP contribution in [0.1, 0.15) is 12.0 Å². The third-order valence-electron chi connectivity index (χ3n) is 5.76. The lowest BCUT2D eigenvalue weighted by Crippen LogP contribution is -2.36. The second-order valence-corrected chi connectivity index (χ2v) is 9.10. The van der Waals surface area contributed by atoms with Crippen LogP contribution >= 0.6 is 11.8 Å². The van der Waals surface area contributed by atoms with Crippen molar-refractivity contribution in [3.05, 3.63) is 66.4 Å². The van der Waals surface area contributed by atoms with E-state index in [1.807, 2.05) is 30.5 Å². The minimum atomic E-state index is 0.588. The molecule has 2 aliphatic rings. The van der Waals surface area contributed by atoms with Crippen molar-refractivity contribution in [2.75, 3.05) is 55.3 Å². The lowest BCUT2D eigenvalue weighted by Gasteiger charge is -2.28. The summed E-state index contributed by atoms with van der Waals surface area (Å²) >= 11 is 1.64. The standard InChI is InChI=1S/C25H28N6OS/c26-19-1-7-22(8-2-19)33-24-23(18-9-11-27-12-10-18)17-28-25(30-24)29-20-3-5-21(6-4-20)31-13-15-32-16-14-31/h1-9,17,27H,10-16,26H2,(H,28,29,30). The molecule has 5 rings (SSSR count). The van der Waals surface area contributed by atoms with Crippen LogP contribution in [0.5, 0.6) is 0 Å². The molecule has 0 unspecified atom stereocenters. The van der Waals surface area contributed by atoms with Crippen LogP contribution in [0, 0.1) is 0 Å². The van der Waals surface area contributed by atoms with E-state index in [4.69, 9.17) is 15.5 Å². The molecular formula is C25H28N6OS. The number of hydrogen-bond acceptors (Lipinski definition) is 8. The normalized spacial score (nSPS) is 16.4. The fourth-order valence-electron chi connectivity index (χ4n) is 3.95. The summed E-state index contributed by atoms with van der Waals surface area (Å²) in [6.07, 6.45) is 5.13. The van der Waals surface area contributed by atoms with Gasteiger partial charge < -0.3 is 26.0 Å². The van der Waals surface area contributed by atoms with Gasteiger partial charge in [-0.2, -0.15) is 0 Å². The maximum absolute atomic E-state index is 5.86. The van der Waals surface area contributed by atoms with Crippen LogP contribution < -0.4 is 21.3 Å². The van der Waals surface area contributed by atoms with E-state index in [9.17, 15) is 0 Å². The van der Waals surface area contributed by atoms with E-state index in [1.165, 1.54) is 11.3 Å². The predicted octanol–water partition coefficient (Wildman–Crippen LogP) is 4.17. The van der Waals surface area contributed by atoms with E-state index in [-0.39, 0.29) is 0 Å². The first-order valence-corrected chi connectivity index (χ1v) is 12.1. The number of nitrogens with one attached hydrogen (secondary N) is 2. The lowest BCUT2D eigenvalue weighted by atomic mass is 10.0. The minimum Gasteiger partial charge on any atom is -0.399 e. The van der Waals surface area contributed by atoms with E-state index in [1.54, 1.807) is 11.8 Å². The zero-order chi connectivity index (χ0) is 22.5. The van der Waals surface area contributed by atoms with Crippen LogP contribution in [0.3, 0.4) is 0 Å². The van der Waals surface area contributed by atoms with Gasteiger partial charge in [0, 0.05) is 53.4 Å². The van der Waals surface area contributed by atoms with Gasteiger partial charge in [0.1, 0.15) is 5.03 Å². The quantitative estimate of drug-likeness (QED) is 0.373. The van der Waals surface area contributed by atoms with Gasteiger partial charge in [0.25, 0.3) is 0 Å². The number of rotatable bonds is 6.